The van der Waals surface area contributed by atoms with Crippen molar-refractivity contribution in [1.82, 2.24) is 9.97 Å². The Labute approximate surface area is 111 Å². The average Bonchev–Trinajstić information content (AvgIpc) is 2.39. The Morgan fingerprint density at radius 2 is 2.37 bits per heavy atom. The molecule has 1 aromatic heterocycles. The second kappa shape index (κ2) is 5.79. The summed E-state index contributed by atoms with van der Waals surface area (Å²) in [6, 6.07) is 0. The summed E-state index contributed by atoms with van der Waals surface area (Å²) in [6.45, 7) is 3.89. The molecule has 1 aromatic rings. The fourth-order valence-corrected chi connectivity index (χ4v) is 2.03. The second-order valence-corrected chi connectivity index (χ2v) is 4.47. The number of hydrogen-bond acceptors (Lipinski definition) is 5. The number of carbonyl (C=O) groups is 1. The zero-order valence-corrected chi connectivity index (χ0v) is 11.1. The number of carboxylic acids is 1. The van der Waals surface area contributed by atoms with E-state index in [1.54, 1.807) is 14.0 Å². The average molecular weight is 263 g/mol. The summed E-state index contributed by atoms with van der Waals surface area (Å²) >= 11 is 0. The van der Waals surface area contributed by atoms with E-state index >= 15 is 0 Å². The van der Waals surface area contributed by atoms with Gasteiger partial charge in [-0.2, -0.15) is 0 Å². The monoisotopic (exact) mass is 263 g/mol. The van der Waals surface area contributed by atoms with Crippen LogP contribution >= 0.6 is 0 Å². The zero-order valence-electron chi connectivity index (χ0n) is 11.1. The molecular weight excluding hydrogens is 246 g/mol. The van der Waals surface area contributed by atoms with Gasteiger partial charge in [0.15, 0.2) is 0 Å². The van der Waals surface area contributed by atoms with Crippen molar-refractivity contribution in [2.45, 2.75) is 13.3 Å². The molecule has 19 heavy (non-hydrogen) atoms. The van der Waals surface area contributed by atoms with Gasteiger partial charge in [0.25, 0.3) is 0 Å². The summed E-state index contributed by atoms with van der Waals surface area (Å²) in [6.07, 6.45) is 4.39. The first kappa shape index (κ1) is 13.5. The van der Waals surface area contributed by atoms with E-state index in [0.717, 1.165) is 19.5 Å². The molecule has 2 rings (SSSR count). The third-order valence-electron chi connectivity index (χ3n) is 3.11. The second-order valence-electron chi connectivity index (χ2n) is 4.47. The quantitative estimate of drug-likeness (QED) is 0.824. The molecule has 0 bridgehead atoms. The third-order valence-corrected chi connectivity index (χ3v) is 3.11. The minimum atomic E-state index is -0.995. The SMILES string of the molecule is COCC1=CCN(c2ncc(C(=O)O)c(C)n2)CC1. The maximum Gasteiger partial charge on any atom is 0.339 e. The van der Waals surface area contributed by atoms with Crippen molar-refractivity contribution < 1.29 is 14.6 Å². The van der Waals surface area contributed by atoms with Crippen LogP contribution in [0.1, 0.15) is 22.5 Å². The topological polar surface area (TPSA) is 75.5 Å². The summed E-state index contributed by atoms with van der Waals surface area (Å²) in [5.41, 5.74) is 1.91. The largest absolute Gasteiger partial charge is 0.478 e. The molecule has 6 heteroatoms. The van der Waals surface area contributed by atoms with E-state index in [1.807, 2.05) is 4.90 Å². The number of aromatic nitrogens is 2. The minimum absolute atomic E-state index is 0.149. The highest BCUT2D eigenvalue weighted by atomic mass is 16.5. The number of rotatable bonds is 4. The number of nitrogens with zero attached hydrogens (tertiary/aromatic N) is 3. The molecule has 0 aliphatic carbocycles. The lowest BCUT2D eigenvalue weighted by atomic mass is 10.1. The molecule has 0 radical (unpaired) electrons. The highest BCUT2D eigenvalue weighted by Crippen LogP contribution is 2.17. The van der Waals surface area contributed by atoms with E-state index in [0.29, 0.717) is 18.2 Å². The zero-order chi connectivity index (χ0) is 13.8. The normalized spacial score (nSPS) is 15.3. The van der Waals surface area contributed by atoms with Crippen LogP contribution < -0.4 is 4.90 Å². The Morgan fingerprint density at radius 3 is 2.89 bits per heavy atom. The van der Waals surface area contributed by atoms with Crippen LogP contribution in [0.15, 0.2) is 17.8 Å². The molecule has 1 N–H and O–H groups in total. The van der Waals surface area contributed by atoms with Gasteiger partial charge in [0.2, 0.25) is 5.95 Å². The van der Waals surface area contributed by atoms with Crippen molar-refractivity contribution in [2.24, 2.45) is 0 Å². The first-order valence-electron chi connectivity index (χ1n) is 6.10. The van der Waals surface area contributed by atoms with Gasteiger partial charge in [-0.1, -0.05) is 6.08 Å². The molecule has 1 aliphatic heterocycles. The van der Waals surface area contributed by atoms with Crippen LogP contribution in [0.4, 0.5) is 5.95 Å². The van der Waals surface area contributed by atoms with Crippen LogP contribution in [0.2, 0.25) is 0 Å². The summed E-state index contributed by atoms with van der Waals surface area (Å²) < 4.78 is 5.10. The minimum Gasteiger partial charge on any atom is -0.478 e. The van der Waals surface area contributed by atoms with Gasteiger partial charge < -0.3 is 14.7 Å². The van der Waals surface area contributed by atoms with Crippen LogP contribution in [-0.4, -0.2) is 47.8 Å². The maximum atomic E-state index is 10.9. The van der Waals surface area contributed by atoms with Gasteiger partial charge in [-0.15, -0.1) is 0 Å². The summed E-state index contributed by atoms with van der Waals surface area (Å²) in [5, 5.41) is 8.94. The Hall–Kier alpha value is -1.95. The predicted molar refractivity (Wildman–Crippen MR) is 70.5 cm³/mol. The molecule has 0 fully saturated rings. The van der Waals surface area contributed by atoms with Gasteiger partial charge >= 0.3 is 5.97 Å². The van der Waals surface area contributed by atoms with Crippen LogP contribution in [0.3, 0.4) is 0 Å². The summed E-state index contributed by atoms with van der Waals surface area (Å²) in [7, 11) is 1.68. The predicted octanol–water partition coefficient (Wildman–Crippen LogP) is 1.27. The van der Waals surface area contributed by atoms with E-state index in [-0.39, 0.29) is 5.56 Å². The Kier molecular flexibility index (Phi) is 4.11. The molecule has 6 nitrogen and oxygen atoms in total. The van der Waals surface area contributed by atoms with Crippen molar-refractivity contribution in [2.75, 3.05) is 31.7 Å². The summed E-state index contributed by atoms with van der Waals surface area (Å²) in [5.74, 6) is -0.416. The van der Waals surface area contributed by atoms with Crippen molar-refractivity contribution in [1.29, 1.82) is 0 Å². The van der Waals surface area contributed by atoms with Gasteiger partial charge in [-0.3, -0.25) is 0 Å². The number of aromatic carboxylic acids is 1. The van der Waals surface area contributed by atoms with Crippen molar-refractivity contribution in [3.63, 3.8) is 0 Å². The first-order valence-corrected chi connectivity index (χ1v) is 6.10. The number of aryl methyl sites for hydroxylation is 1. The Balaban J connectivity index is 2.12. The highest BCUT2D eigenvalue weighted by Gasteiger charge is 2.16. The lowest BCUT2D eigenvalue weighted by molar-refractivity contribution is 0.0695. The molecule has 2 heterocycles. The van der Waals surface area contributed by atoms with Crippen LogP contribution in [0.25, 0.3) is 0 Å². The molecule has 0 saturated heterocycles. The molecule has 0 unspecified atom stereocenters. The smallest absolute Gasteiger partial charge is 0.339 e. The van der Waals surface area contributed by atoms with Crippen LogP contribution in [-0.2, 0) is 4.74 Å². The number of hydrogen-bond donors (Lipinski definition) is 1. The third kappa shape index (κ3) is 3.08. The van der Waals surface area contributed by atoms with Gasteiger partial charge in [0.05, 0.1) is 17.9 Å². The molecular formula is C13H17N3O3. The van der Waals surface area contributed by atoms with E-state index < -0.39 is 5.97 Å². The van der Waals surface area contributed by atoms with Crippen molar-refractivity contribution >= 4 is 11.9 Å². The van der Waals surface area contributed by atoms with Gasteiger partial charge in [-0.25, -0.2) is 14.8 Å². The van der Waals surface area contributed by atoms with E-state index in [2.05, 4.69) is 16.0 Å². The molecule has 0 spiro atoms. The van der Waals surface area contributed by atoms with Gasteiger partial charge in [-0.05, 0) is 18.9 Å². The Morgan fingerprint density at radius 1 is 1.58 bits per heavy atom. The lowest BCUT2D eigenvalue weighted by Crippen LogP contribution is -2.31. The van der Waals surface area contributed by atoms with Gasteiger partial charge in [0, 0.05) is 26.4 Å². The standard InChI is InChI=1S/C13H17N3O3/c1-9-11(12(17)18)7-14-13(15-9)16-5-3-10(4-6-16)8-19-2/h3,7H,4-6,8H2,1-2H3,(H,17,18). The number of methoxy groups -OCH3 is 1. The molecule has 0 aromatic carbocycles. The van der Waals surface area contributed by atoms with Crippen LogP contribution in [0, 0.1) is 6.92 Å². The molecule has 0 atom stereocenters. The fraction of sp³-hybridized carbons (Fsp3) is 0.462. The maximum absolute atomic E-state index is 10.9. The fourth-order valence-electron chi connectivity index (χ4n) is 2.03. The number of ether oxygens (including phenoxy) is 1. The number of anilines is 1. The summed E-state index contributed by atoms with van der Waals surface area (Å²) in [4.78, 5) is 21.3. The molecule has 102 valence electrons. The number of carboxylic acid groups (broad SMARTS) is 1. The van der Waals surface area contributed by atoms with E-state index in [9.17, 15) is 4.79 Å². The van der Waals surface area contributed by atoms with Crippen molar-refractivity contribution in [3.8, 4) is 0 Å². The molecule has 1 aliphatic rings. The molecule has 0 saturated carbocycles. The highest BCUT2D eigenvalue weighted by molar-refractivity contribution is 5.88. The van der Waals surface area contributed by atoms with Crippen molar-refractivity contribution in [3.05, 3.63) is 29.1 Å². The first-order chi connectivity index (χ1) is 9.11. The van der Waals surface area contributed by atoms with Gasteiger partial charge in [0.1, 0.15) is 0 Å². The van der Waals surface area contributed by atoms with E-state index in [1.165, 1.54) is 11.8 Å². The Bertz CT molecular complexity index is 514. The molecule has 0 amide bonds. The van der Waals surface area contributed by atoms with Crippen LogP contribution in [0.5, 0.6) is 0 Å². The van der Waals surface area contributed by atoms with E-state index in [4.69, 9.17) is 9.84 Å². The lowest BCUT2D eigenvalue weighted by Gasteiger charge is -2.26.